The Hall–Kier alpha value is -2.15. The first-order chi connectivity index (χ1) is 8.47. The van der Waals surface area contributed by atoms with Gasteiger partial charge in [-0.1, -0.05) is 0 Å². The summed E-state index contributed by atoms with van der Waals surface area (Å²) >= 11 is 0. The summed E-state index contributed by atoms with van der Waals surface area (Å²) in [5, 5.41) is 9.07. The SMILES string of the molecule is O=S(=O)(Nc1cncc(F)c1)c1ccc(O)cc1. The lowest BCUT2D eigenvalue weighted by molar-refractivity contribution is 0.475. The van der Waals surface area contributed by atoms with Crippen LogP contribution in [0.15, 0.2) is 47.6 Å². The molecule has 0 bridgehead atoms. The molecule has 1 aromatic heterocycles. The Morgan fingerprint density at radius 3 is 2.44 bits per heavy atom. The van der Waals surface area contributed by atoms with Crippen molar-refractivity contribution in [3.8, 4) is 5.75 Å². The van der Waals surface area contributed by atoms with Crippen LogP contribution in [0.2, 0.25) is 0 Å². The van der Waals surface area contributed by atoms with Gasteiger partial charge >= 0.3 is 0 Å². The van der Waals surface area contributed by atoms with Crippen LogP contribution in [0.4, 0.5) is 10.1 Å². The third-order valence-electron chi connectivity index (χ3n) is 2.10. The number of benzene rings is 1. The van der Waals surface area contributed by atoms with Crippen LogP contribution in [0.25, 0.3) is 0 Å². The molecule has 7 heteroatoms. The second-order valence-electron chi connectivity index (χ2n) is 3.49. The normalized spacial score (nSPS) is 11.2. The van der Waals surface area contributed by atoms with E-state index in [1.54, 1.807) is 0 Å². The molecule has 94 valence electrons. The van der Waals surface area contributed by atoms with E-state index in [-0.39, 0.29) is 16.3 Å². The fraction of sp³-hybridized carbons (Fsp3) is 0. The van der Waals surface area contributed by atoms with Crippen LogP contribution in [0.1, 0.15) is 0 Å². The molecule has 0 aliphatic rings. The standard InChI is InChI=1S/C11H9FN2O3S/c12-8-5-9(7-13-6-8)14-18(16,17)11-3-1-10(15)2-4-11/h1-7,14-15H. The van der Waals surface area contributed by atoms with E-state index in [0.29, 0.717) is 0 Å². The van der Waals surface area contributed by atoms with Crippen molar-refractivity contribution in [2.24, 2.45) is 0 Å². The Morgan fingerprint density at radius 2 is 1.83 bits per heavy atom. The quantitative estimate of drug-likeness (QED) is 0.888. The third-order valence-corrected chi connectivity index (χ3v) is 3.50. The number of hydrogen-bond acceptors (Lipinski definition) is 4. The minimum absolute atomic E-state index is 0.0306. The molecule has 18 heavy (non-hydrogen) atoms. The molecule has 0 amide bonds. The summed E-state index contributed by atoms with van der Waals surface area (Å²) in [5.74, 6) is -0.678. The van der Waals surface area contributed by atoms with Gasteiger partial charge in [0.2, 0.25) is 0 Å². The number of hydrogen-bond donors (Lipinski definition) is 2. The molecule has 2 rings (SSSR count). The van der Waals surface area contributed by atoms with Crippen molar-refractivity contribution in [2.75, 3.05) is 4.72 Å². The van der Waals surface area contributed by atoms with Crippen LogP contribution in [-0.2, 0) is 10.0 Å². The number of aromatic hydroxyl groups is 1. The molecule has 2 aromatic rings. The second kappa shape index (κ2) is 4.61. The summed E-state index contributed by atoms with van der Waals surface area (Å²) in [5.41, 5.74) is 0.0306. The zero-order valence-corrected chi connectivity index (χ0v) is 9.86. The molecular formula is C11H9FN2O3S. The number of pyridine rings is 1. The average Bonchev–Trinajstić information content (AvgIpc) is 2.29. The van der Waals surface area contributed by atoms with Crippen molar-refractivity contribution in [2.45, 2.75) is 4.90 Å². The Balaban J connectivity index is 2.30. The van der Waals surface area contributed by atoms with Crippen LogP contribution in [0.3, 0.4) is 0 Å². The second-order valence-corrected chi connectivity index (χ2v) is 5.17. The topological polar surface area (TPSA) is 79.3 Å². The Morgan fingerprint density at radius 1 is 1.17 bits per heavy atom. The van der Waals surface area contributed by atoms with Crippen molar-refractivity contribution in [1.82, 2.24) is 4.98 Å². The fourth-order valence-electron chi connectivity index (χ4n) is 1.31. The molecule has 0 atom stereocenters. The summed E-state index contributed by atoms with van der Waals surface area (Å²) in [4.78, 5) is 3.50. The summed E-state index contributed by atoms with van der Waals surface area (Å²) in [7, 11) is -3.81. The summed E-state index contributed by atoms with van der Waals surface area (Å²) in [6, 6.07) is 6.00. The molecule has 0 fully saturated rings. The van der Waals surface area contributed by atoms with Crippen molar-refractivity contribution in [1.29, 1.82) is 0 Å². The van der Waals surface area contributed by atoms with Gasteiger partial charge in [-0.3, -0.25) is 9.71 Å². The molecule has 0 saturated carbocycles. The molecule has 0 aliphatic heterocycles. The summed E-state index contributed by atoms with van der Waals surface area (Å²) < 4.78 is 38.8. The highest BCUT2D eigenvalue weighted by Crippen LogP contribution is 2.18. The van der Waals surface area contributed by atoms with Gasteiger partial charge < -0.3 is 5.11 Å². The van der Waals surface area contributed by atoms with E-state index in [2.05, 4.69) is 9.71 Å². The largest absolute Gasteiger partial charge is 0.508 e. The molecule has 5 nitrogen and oxygen atoms in total. The highest BCUT2D eigenvalue weighted by atomic mass is 32.2. The molecule has 1 heterocycles. The van der Waals surface area contributed by atoms with E-state index in [0.717, 1.165) is 12.3 Å². The van der Waals surface area contributed by atoms with Crippen LogP contribution >= 0.6 is 0 Å². The van der Waals surface area contributed by atoms with Gasteiger partial charge in [-0.25, -0.2) is 12.8 Å². The first-order valence-electron chi connectivity index (χ1n) is 4.90. The van der Waals surface area contributed by atoms with E-state index in [4.69, 9.17) is 5.11 Å². The summed E-state index contributed by atoms with van der Waals surface area (Å²) in [6.45, 7) is 0. The van der Waals surface area contributed by atoms with E-state index >= 15 is 0 Å². The zero-order valence-electron chi connectivity index (χ0n) is 9.04. The third kappa shape index (κ3) is 2.75. The molecule has 0 saturated heterocycles. The molecule has 0 radical (unpaired) electrons. The van der Waals surface area contributed by atoms with E-state index in [1.165, 1.54) is 30.5 Å². The van der Waals surface area contributed by atoms with Crippen LogP contribution < -0.4 is 4.72 Å². The Bertz CT molecular complexity index is 656. The number of rotatable bonds is 3. The van der Waals surface area contributed by atoms with Crippen molar-refractivity contribution in [3.63, 3.8) is 0 Å². The Kier molecular flexibility index (Phi) is 3.15. The maximum absolute atomic E-state index is 12.9. The van der Waals surface area contributed by atoms with E-state index in [9.17, 15) is 12.8 Å². The van der Waals surface area contributed by atoms with E-state index in [1.807, 2.05) is 0 Å². The average molecular weight is 268 g/mol. The number of aromatic nitrogens is 1. The van der Waals surface area contributed by atoms with Crippen molar-refractivity contribution < 1.29 is 17.9 Å². The first-order valence-corrected chi connectivity index (χ1v) is 6.38. The monoisotopic (exact) mass is 268 g/mol. The lowest BCUT2D eigenvalue weighted by atomic mass is 10.3. The molecule has 0 unspecified atom stereocenters. The number of halogens is 1. The van der Waals surface area contributed by atoms with Gasteiger partial charge in [0, 0.05) is 6.07 Å². The van der Waals surface area contributed by atoms with Gasteiger partial charge in [0.05, 0.1) is 23.0 Å². The predicted octanol–water partition coefficient (Wildman–Crippen LogP) is 1.73. The molecular weight excluding hydrogens is 259 g/mol. The lowest BCUT2D eigenvalue weighted by Crippen LogP contribution is -2.13. The minimum Gasteiger partial charge on any atom is -0.508 e. The van der Waals surface area contributed by atoms with Gasteiger partial charge in [0.15, 0.2) is 0 Å². The number of phenols is 1. The van der Waals surface area contributed by atoms with Crippen LogP contribution in [0.5, 0.6) is 5.75 Å². The smallest absolute Gasteiger partial charge is 0.261 e. The number of phenolic OH excluding ortho intramolecular Hbond substituents is 1. The molecule has 1 aromatic carbocycles. The number of nitrogens with zero attached hydrogens (tertiary/aromatic N) is 1. The fourth-order valence-corrected chi connectivity index (χ4v) is 2.34. The predicted molar refractivity (Wildman–Crippen MR) is 63.1 cm³/mol. The van der Waals surface area contributed by atoms with Gasteiger partial charge in [0.1, 0.15) is 11.6 Å². The van der Waals surface area contributed by atoms with Crippen LogP contribution in [-0.4, -0.2) is 18.5 Å². The lowest BCUT2D eigenvalue weighted by Gasteiger charge is -2.07. The van der Waals surface area contributed by atoms with Crippen molar-refractivity contribution >= 4 is 15.7 Å². The Labute approximate surface area is 103 Å². The number of nitrogens with one attached hydrogen (secondary N) is 1. The minimum atomic E-state index is -3.81. The van der Waals surface area contributed by atoms with Gasteiger partial charge in [-0.15, -0.1) is 0 Å². The number of sulfonamides is 1. The first kappa shape index (κ1) is 12.3. The number of anilines is 1. The highest BCUT2D eigenvalue weighted by molar-refractivity contribution is 7.92. The summed E-state index contributed by atoms with van der Waals surface area (Å²) in [6.07, 6.45) is 2.17. The van der Waals surface area contributed by atoms with E-state index < -0.39 is 15.8 Å². The highest BCUT2D eigenvalue weighted by Gasteiger charge is 2.14. The van der Waals surface area contributed by atoms with Crippen LogP contribution in [0, 0.1) is 5.82 Å². The van der Waals surface area contributed by atoms with Gasteiger partial charge in [0.25, 0.3) is 10.0 Å². The molecule has 0 spiro atoms. The van der Waals surface area contributed by atoms with Gasteiger partial charge in [-0.2, -0.15) is 0 Å². The van der Waals surface area contributed by atoms with Crippen molar-refractivity contribution in [3.05, 3.63) is 48.5 Å². The van der Waals surface area contributed by atoms with Gasteiger partial charge in [-0.05, 0) is 24.3 Å². The maximum Gasteiger partial charge on any atom is 0.261 e. The maximum atomic E-state index is 12.9. The molecule has 0 aliphatic carbocycles. The molecule has 2 N–H and O–H groups in total. The zero-order chi connectivity index (χ0) is 13.2.